The van der Waals surface area contributed by atoms with Crippen LogP contribution in [0.2, 0.25) is 0 Å². The van der Waals surface area contributed by atoms with E-state index in [0.717, 1.165) is 18.6 Å². The molecule has 1 aromatic rings. The number of benzene rings is 1. The van der Waals surface area contributed by atoms with Crippen LogP contribution in [-0.4, -0.2) is 31.6 Å². The summed E-state index contributed by atoms with van der Waals surface area (Å²) in [5, 5.41) is 8.48. The molecule has 3 amide bonds. The number of anilines is 1. The van der Waals surface area contributed by atoms with Crippen LogP contribution >= 0.6 is 0 Å². The molecule has 23 heavy (non-hydrogen) atoms. The SMILES string of the molecule is COc1ccc(NC(=O)CCNC(=O)NC2CCCCC2)cc1. The lowest BCUT2D eigenvalue weighted by atomic mass is 9.96. The first-order valence-corrected chi connectivity index (χ1v) is 8.15. The Morgan fingerprint density at radius 3 is 2.48 bits per heavy atom. The van der Waals surface area contributed by atoms with Crippen molar-refractivity contribution in [2.45, 2.75) is 44.6 Å². The Kier molecular flexibility index (Phi) is 6.72. The predicted octanol–water partition coefficient (Wildman–Crippen LogP) is 2.66. The summed E-state index contributed by atoms with van der Waals surface area (Å²) in [4.78, 5) is 23.6. The highest BCUT2D eigenvalue weighted by Crippen LogP contribution is 2.17. The number of rotatable bonds is 6. The standard InChI is InChI=1S/C17H25N3O3/c1-23-15-9-7-14(8-10-15)19-16(21)11-12-18-17(22)20-13-5-3-2-4-6-13/h7-10,13H,2-6,11-12H2,1H3,(H,19,21)(H2,18,20,22). The van der Waals surface area contributed by atoms with Crippen LogP contribution in [0, 0.1) is 0 Å². The Morgan fingerprint density at radius 2 is 1.83 bits per heavy atom. The van der Waals surface area contributed by atoms with E-state index in [4.69, 9.17) is 4.74 Å². The third kappa shape index (κ3) is 6.18. The molecule has 0 heterocycles. The zero-order valence-electron chi connectivity index (χ0n) is 13.6. The van der Waals surface area contributed by atoms with Gasteiger partial charge in [0.25, 0.3) is 0 Å². The van der Waals surface area contributed by atoms with Gasteiger partial charge in [-0.3, -0.25) is 4.79 Å². The molecule has 0 radical (unpaired) electrons. The summed E-state index contributed by atoms with van der Waals surface area (Å²) in [7, 11) is 1.59. The molecule has 126 valence electrons. The van der Waals surface area contributed by atoms with Crippen molar-refractivity contribution >= 4 is 17.6 Å². The van der Waals surface area contributed by atoms with Crippen LogP contribution in [0.3, 0.4) is 0 Å². The highest BCUT2D eigenvalue weighted by atomic mass is 16.5. The predicted molar refractivity (Wildman–Crippen MR) is 89.6 cm³/mol. The Morgan fingerprint density at radius 1 is 1.13 bits per heavy atom. The summed E-state index contributed by atoms with van der Waals surface area (Å²) in [6.07, 6.45) is 5.94. The van der Waals surface area contributed by atoms with Crippen LogP contribution in [0.1, 0.15) is 38.5 Å². The van der Waals surface area contributed by atoms with Gasteiger partial charge in [0.05, 0.1) is 7.11 Å². The minimum absolute atomic E-state index is 0.131. The molecule has 6 nitrogen and oxygen atoms in total. The van der Waals surface area contributed by atoms with Gasteiger partial charge < -0.3 is 20.7 Å². The molecule has 0 bridgehead atoms. The maximum absolute atomic E-state index is 11.8. The van der Waals surface area contributed by atoms with Gasteiger partial charge in [0.2, 0.25) is 5.91 Å². The summed E-state index contributed by atoms with van der Waals surface area (Å²) >= 11 is 0. The molecule has 0 aliphatic heterocycles. The Labute approximate surface area is 137 Å². The van der Waals surface area contributed by atoms with E-state index in [2.05, 4.69) is 16.0 Å². The second kappa shape index (κ2) is 9.02. The topological polar surface area (TPSA) is 79.5 Å². The second-order valence-corrected chi connectivity index (χ2v) is 5.76. The number of ether oxygens (including phenoxy) is 1. The van der Waals surface area contributed by atoms with Gasteiger partial charge in [0.1, 0.15) is 5.75 Å². The van der Waals surface area contributed by atoms with E-state index in [1.54, 1.807) is 31.4 Å². The van der Waals surface area contributed by atoms with Gasteiger partial charge in [0, 0.05) is 24.7 Å². The lowest BCUT2D eigenvalue weighted by Crippen LogP contribution is -2.43. The van der Waals surface area contributed by atoms with Gasteiger partial charge in [-0.1, -0.05) is 19.3 Å². The number of hydrogen-bond acceptors (Lipinski definition) is 3. The minimum Gasteiger partial charge on any atom is -0.497 e. The quantitative estimate of drug-likeness (QED) is 0.754. The van der Waals surface area contributed by atoms with Crippen molar-refractivity contribution in [1.29, 1.82) is 0 Å². The second-order valence-electron chi connectivity index (χ2n) is 5.76. The molecule has 0 aromatic heterocycles. The lowest BCUT2D eigenvalue weighted by molar-refractivity contribution is -0.116. The molecule has 0 spiro atoms. The molecular weight excluding hydrogens is 294 g/mol. The van der Waals surface area contributed by atoms with Crippen molar-refractivity contribution in [1.82, 2.24) is 10.6 Å². The number of nitrogens with one attached hydrogen (secondary N) is 3. The van der Waals surface area contributed by atoms with Gasteiger partial charge >= 0.3 is 6.03 Å². The van der Waals surface area contributed by atoms with E-state index in [0.29, 0.717) is 12.2 Å². The first-order valence-electron chi connectivity index (χ1n) is 8.15. The third-order valence-electron chi connectivity index (χ3n) is 3.95. The van der Waals surface area contributed by atoms with Crippen LogP contribution < -0.4 is 20.7 Å². The van der Waals surface area contributed by atoms with Gasteiger partial charge in [-0.15, -0.1) is 0 Å². The van der Waals surface area contributed by atoms with E-state index in [1.807, 2.05) is 0 Å². The first-order chi connectivity index (χ1) is 11.2. The van der Waals surface area contributed by atoms with Crippen molar-refractivity contribution in [3.05, 3.63) is 24.3 Å². The average molecular weight is 319 g/mol. The number of hydrogen-bond donors (Lipinski definition) is 3. The van der Waals surface area contributed by atoms with Crippen LogP contribution in [0.4, 0.5) is 10.5 Å². The molecule has 3 N–H and O–H groups in total. The molecular formula is C17H25N3O3. The normalized spacial score (nSPS) is 14.8. The van der Waals surface area contributed by atoms with Crippen molar-refractivity contribution < 1.29 is 14.3 Å². The first kappa shape index (κ1) is 17.1. The lowest BCUT2D eigenvalue weighted by Gasteiger charge is -2.22. The average Bonchev–Trinajstić information content (AvgIpc) is 2.56. The highest BCUT2D eigenvalue weighted by molar-refractivity contribution is 5.91. The van der Waals surface area contributed by atoms with E-state index in [1.165, 1.54) is 19.3 Å². The van der Waals surface area contributed by atoms with E-state index >= 15 is 0 Å². The molecule has 0 atom stereocenters. The number of carbonyl (C=O) groups is 2. The monoisotopic (exact) mass is 319 g/mol. The summed E-state index contributed by atoms with van der Waals surface area (Å²) < 4.78 is 5.06. The van der Waals surface area contributed by atoms with Crippen LogP contribution in [0.5, 0.6) is 5.75 Å². The van der Waals surface area contributed by atoms with Crippen molar-refractivity contribution in [2.24, 2.45) is 0 Å². The van der Waals surface area contributed by atoms with E-state index < -0.39 is 0 Å². The maximum atomic E-state index is 11.8. The molecule has 0 saturated heterocycles. The number of urea groups is 1. The van der Waals surface area contributed by atoms with Crippen LogP contribution in [0.15, 0.2) is 24.3 Å². The van der Waals surface area contributed by atoms with E-state index in [9.17, 15) is 9.59 Å². The smallest absolute Gasteiger partial charge is 0.315 e. The minimum atomic E-state index is -0.186. The molecule has 1 fully saturated rings. The fourth-order valence-corrected chi connectivity index (χ4v) is 2.67. The summed E-state index contributed by atoms with van der Waals surface area (Å²) in [5.41, 5.74) is 0.711. The molecule has 1 aromatic carbocycles. The van der Waals surface area contributed by atoms with Crippen molar-refractivity contribution in [3.63, 3.8) is 0 Å². The Bertz CT molecular complexity index is 510. The maximum Gasteiger partial charge on any atom is 0.315 e. The van der Waals surface area contributed by atoms with E-state index in [-0.39, 0.29) is 24.4 Å². The molecule has 1 aliphatic carbocycles. The van der Waals surface area contributed by atoms with Crippen molar-refractivity contribution in [2.75, 3.05) is 19.0 Å². The van der Waals surface area contributed by atoms with Gasteiger partial charge in [-0.2, -0.15) is 0 Å². The Balaban J connectivity index is 1.62. The molecule has 6 heteroatoms. The van der Waals surface area contributed by atoms with Crippen LogP contribution in [-0.2, 0) is 4.79 Å². The van der Waals surface area contributed by atoms with Crippen molar-refractivity contribution in [3.8, 4) is 5.75 Å². The highest BCUT2D eigenvalue weighted by Gasteiger charge is 2.15. The van der Waals surface area contributed by atoms with Gasteiger partial charge in [0.15, 0.2) is 0 Å². The molecule has 1 saturated carbocycles. The zero-order chi connectivity index (χ0) is 16.5. The van der Waals surface area contributed by atoms with Crippen LogP contribution in [0.25, 0.3) is 0 Å². The molecule has 1 aliphatic rings. The number of amides is 3. The Hall–Kier alpha value is -2.24. The van der Waals surface area contributed by atoms with Gasteiger partial charge in [-0.05, 0) is 37.1 Å². The fraction of sp³-hybridized carbons (Fsp3) is 0.529. The zero-order valence-corrected chi connectivity index (χ0v) is 13.6. The summed E-state index contributed by atoms with van der Waals surface area (Å²) in [6, 6.07) is 7.21. The summed E-state index contributed by atoms with van der Waals surface area (Å²) in [5.74, 6) is 0.609. The molecule has 0 unspecified atom stereocenters. The largest absolute Gasteiger partial charge is 0.497 e. The molecule has 2 rings (SSSR count). The summed E-state index contributed by atoms with van der Waals surface area (Å²) in [6.45, 7) is 0.320. The third-order valence-corrected chi connectivity index (χ3v) is 3.95. The fourth-order valence-electron chi connectivity index (χ4n) is 2.67. The number of carbonyl (C=O) groups excluding carboxylic acids is 2. The van der Waals surface area contributed by atoms with Gasteiger partial charge in [-0.25, -0.2) is 4.79 Å². The number of methoxy groups -OCH3 is 1.